The third-order valence-corrected chi connectivity index (χ3v) is 6.30. The summed E-state index contributed by atoms with van der Waals surface area (Å²) in [6, 6.07) is 5.84. The molecule has 176 valence electrons. The number of aromatic nitrogens is 5. The van der Waals surface area contributed by atoms with Crippen LogP contribution in [0, 0.1) is 0 Å². The lowest BCUT2D eigenvalue weighted by atomic mass is 10.0. The van der Waals surface area contributed by atoms with Gasteiger partial charge in [-0.25, -0.2) is 9.67 Å². The minimum atomic E-state index is -0.719. The highest BCUT2D eigenvalue weighted by Gasteiger charge is 2.27. The van der Waals surface area contributed by atoms with E-state index in [1.165, 1.54) is 12.4 Å². The Bertz CT molecular complexity index is 1470. The van der Waals surface area contributed by atoms with Gasteiger partial charge in [-0.05, 0) is 32.0 Å². The smallest absolute Gasteiger partial charge is 0.274 e. The molecule has 0 unspecified atom stereocenters. The Morgan fingerprint density at radius 3 is 2.68 bits per heavy atom. The van der Waals surface area contributed by atoms with Crippen LogP contribution < -0.4 is 16.2 Å². The van der Waals surface area contributed by atoms with E-state index in [9.17, 15) is 14.4 Å². The van der Waals surface area contributed by atoms with Crippen LogP contribution in [0.4, 0.5) is 5.69 Å². The van der Waals surface area contributed by atoms with Gasteiger partial charge in [0.25, 0.3) is 17.4 Å². The summed E-state index contributed by atoms with van der Waals surface area (Å²) in [5.41, 5.74) is -0.769. The Labute approximate surface area is 208 Å². The molecule has 4 aromatic rings. The van der Waals surface area contributed by atoms with E-state index >= 15 is 0 Å². The SMILES string of the molecule is CC(C)(CS)NC(=O)c1c(NC(=O)c2cc(=O)[nH]n2-c2ncccc2Cl)c(Cl)cc2cn[nH]c12. The molecule has 0 atom stereocenters. The van der Waals surface area contributed by atoms with Crippen molar-refractivity contribution in [2.45, 2.75) is 19.4 Å². The summed E-state index contributed by atoms with van der Waals surface area (Å²) in [6.45, 7) is 3.61. The molecular formula is C21H19Cl2N7O3S. The van der Waals surface area contributed by atoms with Gasteiger partial charge in [0.2, 0.25) is 0 Å². The maximum absolute atomic E-state index is 13.3. The minimum Gasteiger partial charge on any atom is -0.346 e. The van der Waals surface area contributed by atoms with Crippen LogP contribution in [0.2, 0.25) is 10.0 Å². The van der Waals surface area contributed by atoms with E-state index in [2.05, 4.69) is 43.5 Å². The van der Waals surface area contributed by atoms with Crippen molar-refractivity contribution in [3.8, 4) is 5.82 Å². The van der Waals surface area contributed by atoms with E-state index in [4.69, 9.17) is 23.2 Å². The quantitative estimate of drug-likeness (QED) is 0.248. The molecule has 0 fully saturated rings. The van der Waals surface area contributed by atoms with Gasteiger partial charge in [-0.1, -0.05) is 23.2 Å². The standard InChI is InChI=1S/C21H19Cl2N7O3S/c1-21(2,9-34)27-20(33)15-16-10(8-25-28-16)6-12(23)17(15)26-19(32)13-7-14(31)29-30(13)18-11(22)4-3-5-24-18/h3-8,34H,9H2,1-2H3,(H,25,28)(H,26,32)(H,27,33)(H,29,31). The van der Waals surface area contributed by atoms with Gasteiger partial charge in [-0.3, -0.25) is 24.6 Å². The number of thiol groups is 1. The lowest BCUT2D eigenvalue weighted by Gasteiger charge is -2.25. The van der Waals surface area contributed by atoms with Crippen molar-refractivity contribution in [1.29, 1.82) is 0 Å². The molecule has 4 rings (SSSR count). The topological polar surface area (TPSA) is 138 Å². The summed E-state index contributed by atoms with van der Waals surface area (Å²) in [5.74, 6) is -0.693. The Hall–Kier alpha value is -3.28. The lowest BCUT2D eigenvalue weighted by Crippen LogP contribution is -2.45. The number of pyridine rings is 1. The molecule has 0 aliphatic rings. The Morgan fingerprint density at radius 2 is 1.97 bits per heavy atom. The number of nitrogens with one attached hydrogen (secondary N) is 4. The third-order valence-electron chi connectivity index (χ3n) is 4.92. The highest BCUT2D eigenvalue weighted by Crippen LogP contribution is 2.33. The number of aromatic amines is 2. The van der Waals surface area contributed by atoms with Gasteiger partial charge in [0, 0.05) is 28.9 Å². The predicted molar refractivity (Wildman–Crippen MR) is 134 cm³/mol. The van der Waals surface area contributed by atoms with Gasteiger partial charge in [0.1, 0.15) is 5.69 Å². The van der Waals surface area contributed by atoms with Gasteiger partial charge in [-0.2, -0.15) is 17.7 Å². The largest absolute Gasteiger partial charge is 0.346 e. The van der Waals surface area contributed by atoms with Crippen molar-refractivity contribution >= 4 is 64.2 Å². The second-order valence-electron chi connectivity index (χ2n) is 8.04. The van der Waals surface area contributed by atoms with Gasteiger partial charge in [0.05, 0.1) is 33.0 Å². The van der Waals surface area contributed by atoms with E-state index in [1.807, 2.05) is 0 Å². The number of H-pyrrole nitrogens is 2. The first-order valence-electron chi connectivity index (χ1n) is 9.94. The second kappa shape index (κ2) is 9.16. The zero-order chi connectivity index (χ0) is 24.6. The highest BCUT2D eigenvalue weighted by molar-refractivity contribution is 7.80. The molecule has 10 nitrogen and oxygen atoms in total. The number of hydrogen-bond acceptors (Lipinski definition) is 6. The van der Waals surface area contributed by atoms with Gasteiger partial charge in [-0.15, -0.1) is 0 Å². The molecule has 4 N–H and O–H groups in total. The van der Waals surface area contributed by atoms with Crippen molar-refractivity contribution in [3.63, 3.8) is 0 Å². The maximum atomic E-state index is 13.3. The maximum Gasteiger partial charge on any atom is 0.274 e. The normalized spacial score (nSPS) is 11.6. The zero-order valence-electron chi connectivity index (χ0n) is 17.9. The molecule has 0 aliphatic heterocycles. The molecule has 34 heavy (non-hydrogen) atoms. The number of benzene rings is 1. The number of carbonyl (C=O) groups excluding carboxylic acids is 2. The Kier molecular flexibility index (Phi) is 6.43. The van der Waals surface area contributed by atoms with E-state index in [0.29, 0.717) is 16.7 Å². The molecular weight excluding hydrogens is 501 g/mol. The Morgan fingerprint density at radius 1 is 1.21 bits per heavy atom. The van der Waals surface area contributed by atoms with Crippen LogP contribution in [-0.2, 0) is 0 Å². The predicted octanol–water partition coefficient (Wildman–Crippen LogP) is 3.43. The molecule has 0 spiro atoms. The lowest BCUT2D eigenvalue weighted by molar-refractivity contribution is 0.0923. The average Bonchev–Trinajstić information content (AvgIpc) is 3.40. The summed E-state index contributed by atoms with van der Waals surface area (Å²) in [5, 5.41) is 15.7. The first kappa shape index (κ1) is 23.9. The summed E-state index contributed by atoms with van der Waals surface area (Å²) in [7, 11) is 0. The minimum absolute atomic E-state index is 0.0446. The van der Waals surface area contributed by atoms with Crippen molar-refractivity contribution < 1.29 is 9.59 Å². The number of rotatable bonds is 6. The first-order valence-corrected chi connectivity index (χ1v) is 11.3. The molecule has 1 aromatic carbocycles. The first-order chi connectivity index (χ1) is 16.1. The monoisotopic (exact) mass is 519 g/mol. The van der Waals surface area contributed by atoms with Crippen LogP contribution in [0.5, 0.6) is 0 Å². The summed E-state index contributed by atoms with van der Waals surface area (Å²) in [6.07, 6.45) is 2.98. The number of anilines is 1. The van der Waals surface area contributed by atoms with E-state index in [1.54, 1.807) is 32.0 Å². The van der Waals surface area contributed by atoms with Crippen LogP contribution in [0.1, 0.15) is 34.7 Å². The number of carbonyl (C=O) groups is 2. The highest BCUT2D eigenvalue weighted by atomic mass is 35.5. The van der Waals surface area contributed by atoms with Crippen molar-refractivity contribution in [2.75, 3.05) is 11.1 Å². The molecule has 0 radical (unpaired) electrons. The van der Waals surface area contributed by atoms with Crippen molar-refractivity contribution in [3.05, 3.63) is 68.3 Å². The fraction of sp³-hybridized carbons (Fsp3) is 0.190. The number of halogens is 2. The fourth-order valence-corrected chi connectivity index (χ4v) is 3.81. The van der Waals surface area contributed by atoms with Crippen LogP contribution in [0.15, 0.2) is 41.5 Å². The van der Waals surface area contributed by atoms with Crippen LogP contribution in [-0.4, -0.2) is 48.1 Å². The van der Waals surface area contributed by atoms with E-state index in [-0.39, 0.29) is 32.8 Å². The molecule has 2 amide bonds. The van der Waals surface area contributed by atoms with Crippen LogP contribution in [0.25, 0.3) is 16.7 Å². The third kappa shape index (κ3) is 4.54. The van der Waals surface area contributed by atoms with Crippen LogP contribution in [0.3, 0.4) is 0 Å². The molecule has 3 heterocycles. The Balaban J connectivity index is 1.80. The summed E-state index contributed by atoms with van der Waals surface area (Å²) >= 11 is 16.9. The molecule has 0 bridgehead atoms. The number of fused-ring (bicyclic) bond motifs is 1. The fourth-order valence-electron chi connectivity index (χ4n) is 3.26. The number of nitrogens with zero attached hydrogens (tertiary/aromatic N) is 3. The molecule has 0 saturated heterocycles. The summed E-state index contributed by atoms with van der Waals surface area (Å²) < 4.78 is 1.16. The molecule has 13 heteroatoms. The van der Waals surface area contributed by atoms with Gasteiger partial charge in [0.15, 0.2) is 5.82 Å². The van der Waals surface area contributed by atoms with Crippen LogP contribution >= 0.6 is 35.8 Å². The van der Waals surface area contributed by atoms with Gasteiger partial charge >= 0.3 is 0 Å². The second-order valence-corrected chi connectivity index (χ2v) is 9.17. The van der Waals surface area contributed by atoms with E-state index < -0.39 is 22.9 Å². The molecule has 0 saturated carbocycles. The number of amides is 2. The van der Waals surface area contributed by atoms with Gasteiger partial charge < -0.3 is 10.6 Å². The number of hydrogen-bond donors (Lipinski definition) is 5. The average molecular weight is 520 g/mol. The van der Waals surface area contributed by atoms with Crippen molar-refractivity contribution in [1.82, 2.24) is 30.3 Å². The zero-order valence-corrected chi connectivity index (χ0v) is 20.3. The molecule has 0 aliphatic carbocycles. The molecule has 3 aromatic heterocycles. The van der Waals surface area contributed by atoms with E-state index in [0.717, 1.165) is 10.7 Å². The van der Waals surface area contributed by atoms with Crippen molar-refractivity contribution in [2.24, 2.45) is 0 Å². The summed E-state index contributed by atoms with van der Waals surface area (Å²) in [4.78, 5) is 42.8.